The second-order valence-corrected chi connectivity index (χ2v) is 5.09. The molecule has 0 aliphatic rings. The van der Waals surface area contributed by atoms with E-state index < -0.39 is 11.8 Å². The third kappa shape index (κ3) is 3.64. The van der Waals surface area contributed by atoms with E-state index in [0.29, 0.717) is 5.69 Å². The van der Waals surface area contributed by atoms with Gasteiger partial charge in [0.2, 0.25) is 0 Å². The van der Waals surface area contributed by atoms with Gasteiger partial charge in [0.15, 0.2) is 0 Å². The van der Waals surface area contributed by atoms with E-state index in [-0.39, 0.29) is 0 Å². The number of amides is 2. The zero-order valence-corrected chi connectivity index (χ0v) is 12.8. The number of fused-ring (bicyclic) bond motifs is 1. The minimum absolute atomic E-state index is 0.552. The van der Waals surface area contributed by atoms with Crippen molar-refractivity contribution in [3.8, 4) is 0 Å². The molecule has 0 bridgehead atoms. The van der Waals surface area contributed by atoms with E-state index in [2.05, 4.69) is 15.8 Å². The van der Waals surface area contributed by atoms with Gasteiger partial charge >= 0.3 is 11.8 Å². The highest BCUT2D eigenvalue weighted by atomic mass is 16.2. The van der Waals surface area contributed by atoms with Gasteiger partial charge in [-0.2, -0.15) is 5.10 Å². The minimum atomic E-state index is -0.824. The topological polar surface area (TPSA) is 70.6 Å². The molecule has 0 heterocycles. The van der Waals surface area contributed by atoms with Crippen LogP contribution in [-0.2, 0) is 9.59 Å². The van der Waals surface area contributed by atoms with Crippen molar-refractivity contribution in [3.05, 3.63) is 78.4 Å². The molecule has 2 amide bonds. The van der Waals surface area contributed by atoms with E-state index in [9.17, 15) is 9.59 Å². The molecule has 0 spiro atoms. The third-order valence-corrected chi connectivity index (χ3v) is 3.43. The second kappa shape index (κ2) is 7.19. The Balaban J connectivity index is 1.65. The van der Waals surface area contributed by atoms with Gasteiger partial charge in [-0.1, -0.05) is 60.7 Å². The number of rotatable bonds is 3. The number of anilines is 1. The van der Waals surface area contributed by atoms with Crippen LogP contribution in [0, 0.1) is 0 Å². The monoisotopic (exact) mass is 317 g/mol. The minimum Gasteiger partial charge on any atom is -0.318 e. The fraction of sp³-hybridized carbons (Fsp3) is 0. The smallest absolute Gasteiger partial charge is 0.318 e. The van der Waals surface area contributed by atoms with Gasteiger partial charge < -0.3 is 5.32 Å². The molecule has 3 aromatic carbocycles. The van der Waals surface area contributed by atoms with Gasteiger partial charge in [0.1, 0.15) is 0 Å². The number of carbonyl (C=O) groups is 2. The summed E-state index contributed by atoms with van der Waals surface area (Å²) in [6.07, 6.45) is 1.52. The van der Waals surface area contributed by atoms with E-state index in [4.69, 9.17) is 0 Å². The lowest BCUT2D eigenvalue weighted by atomic mass is 10.1. The number of nitrogens with one attached hydrogen (secondary N) is 2. The summed E-state index contributed by atoms with van der Waals surface area (Å²) in [4.78, 5) is 23.5. The molecule has 0 fully saturated rings. The van der Waals surface area contributed by atoms with Crippen molar-refractivity contribution in [2.75, 3.05) is 5.32 Å². The largest absolute Gasteiger partial charge is 0.329 e. The van der Waals surface area contributed by atoms with Crippen molar-refractivity contribution in [2.24, 2.45) is 5.10 Å². The van der Waals surface area contributed by atoms with Crippen LogP contribution in [0.5, 0.6) is 0 Å². The van der Waals surface area contributed by atoms with Crippen molar-refractivity contribution < 1.29 is 9.59 Å². The Labute approximate surface area is 139 Å². The highest BCUT2D eigenvalue weighted by Gasteiger charge is 2.12. The lowest BCUT2D eigenvalue weighted by molar-refractivity contribution is -0.136. The Hall–Kier alpha value is -3.47. The Morgan fingerprint density at radius 2 is 1.50 bits per heavy atom. The number of hydrogen-bond acceptors (Lipinski definition) is 3. The lowest BCUT2D eigenvalue weighted by Gasteiger charge is -2.03. The molecule has 3 aromatic rings. The summed E-state index contributed by atoms with van der Waals surface area (Å²) < 4.78 is 0. The number of nitrogens with zero attached hydrogens (tertiary/aromatic N) is 1. The van der Waals surface area contributed by atoms with Gasteiger partial charge in [0, 0.05) is 11.3 Å². The van der Waals surface area contributed by atoms with Crippen LogP contribution in [0.1, 0.15) is 5.56 Å². The molecule has 0 radical (unpaired) electrons. The quantitative estimate of drug-likeness (QED) is 0.443. The molecule has 118 valence electrons. The van der Waals surface area contributed by atoms with Crippen molar-refractivity contribution in [1.82, 2.24) is 5.43 Å². The van der Waals surface area contributed by atoms with Crippen LogP contribution in [0.15, 0.2) is 77.9 Å². The SMILES string of the molecule is O=C(N/N=C\c1cccc2ccccc12)C(=O)Nc1ccccc1. The summed E-state index contributed by atoms with van der Waals surface area (Å²) in [5, 5.41) is 8.46. The molecular formula is C19H15N3O2. The maximum Gasteiger partial charge on any atom is 0.329 e. The number of hydrazone groups is 1. The first-order valence-electron chi connectivity index (χ1n) is 7.41. The first-order chi connectivity index (χ1) is 11.7. The molecule has 3 rings (SSSR count). The van der Waals surface area contributed by atoms with Crippen LogP contribution < -0.4 is 10.7 Å². The average molecular weight is 317 g/mol. The third-order valence-electron chi connectivity index (χ3n) is 3.43. The fourth-order valence-electron chi connectivity index (χ4n) is 2.28. The Bertz CT molecular complexity index is 899. The molecule has 5 nitrogen and oxygen atoms in total. The molecular weight excluding hydrogens is 302 g/mol. The fourth-order valence-corrected chi connectivity index (χ4v) is 2.28. The van der Waals surface area contributed by atoms with Crippen molar-refractivity contribution in [2.45, 2.75) is 0 Å². The summed E-state index contributed by atoms with van der Waals surface area (Å²) in [5.74, 6) is -1.59. The van der Waals surface area contributed by atoms with E-state index in [0.717, 1.165) is 16.3 Å². The first kappa shape index (κ1) is 15.4. The predicted molar refractivity (Wildman–Crippen MR) is 94.8 cm³/mol. The Morgan fingerprint density at radius 1 is 0.792 bits per heavy atom. The zero-order valence-electron chi connectivity index (χ0n) is 12.8. The van der Waals surface area contributed by atoms with Gasteiger partial charge in [0.25, 0.3) is 0 Å². The standard InChI is InChI=1S/C19H15N3O2/c23-18(21-16-10-2-1-3-11-16)19(24)22-20-13-15-9-6-8-14-7-4-5-12-17(14)15/h1-13H,(H,21,23)(H,22,24)/b20-13-. The van der Waals surface area contributed by atoms with Gasteiger partial charge in [-0.3, -0.25) is 9.59 Å². The van der Waals surface area contributed by atoms with Gasteiger partial charge in [-0.15, -0.1) is 0 Å². The van der Waals surface area contributed by atoms with Crippen LogP contribution in [0.2, 0.25) is 0 Å². The van der Waals surface area contributed by atoms with Crippen LogP contribution >= 0.6 is 0 Å². The zero-order chi connectivity index (χ0) is 16.8. The van der Waals surface area contributed by atoms with Crippen molar-refractivity contribution >= 4 is 34.5 Å². The summed E-state index contributed by atoms with van der Waals surface area (Å²) in [5.41, 5.74) is 3.64. The molecule has 24 heavy (non-hydrogen) atoms. The maximum absolute atomic E-state index is 11.8. The summed E-state index contributed by atoms with van der Waals surface area (Å²) in [6, 6.07) is 22.4. The van der Waals surface area contributed by atoms with Gasteiger partial charge in [-0.25, -0.2) is 5.43 Å². The molecule has 0 aliphatic carbocycles. The van der Waals surface area contributed by atoms with E-state index >= 15 is 0 Å². The maximum atomic E-state index is 11.8. The first-order valence-corrected chi connectivity index (χ1v) is 7.41. The summed E-state index contributed by atoms with van der Waals surface area (Å²) in [6.45, 7) is 0. The van der Waals surface area contributed by atoms with E-state index in [1.165, 1.54) is 6.21 Å². The van der Waals surface area contributed by atoms with Gasteiger partial charge in [-0.05, 0) is 22.9 Å². The highest BCUT2D eigenvalue weighted by Crippen LogP contribution is 2.16. The van der Waals surface area contributed by atoms with Crippen molar-refractivity contribution in [1.29, 1.82) is 0 Å². The molecule has 0 unspecified atom stereocenters. The molecule has 0 saturated heterocycles. The molecule has 0 atom stereocenters. The molecule has 5 heteroatoms. The number of benzene rings is 3. The van der Waals surface area contributed by atoms with Crippen LogP contribution in [0.25, 0.3) is 10.8 Å². The summed E-state index contributed by atoms with van der Waals surface area (Å²) in [7, 11) is 0. The number of para-hydroxylation sites is 1. The average Bonchev–Trinajstić information content (AvgIpc) is 2.62. The molecule has 2 N–H and O–H groups in total. The van der Waals surface area contributed by atoms with E-state index in [1.54, 1.807) is 24.3 Å². The van der Waals surface area contributed by atoms with Crippen LogP contribution in [-0.4, -0.2) is 18.0 Å². The lowest BCUT2D eigenvalue weighted by Crippen LogP contribution is -2.32. The Morgan fingerprint density at radius 3 is 2.33 bits per heavy atom. The second-order valence-electron chi connectivity index (χ2n) is 5.09. The molecule has 0 aromatic heterocycles. The summed E-state index contributed by atoms with van der Waals surface area (Å²) >= 11 is 0. The normalized spacial score (nSPS) is 10.7. The van der Waals surface area contributed by atoms with E-state index in [1.807, 2.05) is 48.5 Å². The van der Waals surface area contributed by atoms with Crippen molar-refractivity contribution in [3.63, 3.8) is 0 Å². The number of carbonyl (C=O) groups excluding carboxylic acids is 2. The Kier molecular flexibility index (Phi) is 4.62. The molecule has 0 saturated carbocycles. The van der Waals surface area contributed by atoms with Crippen LogP contribution in [0.4, 0.5) is 5.69 Å². The predicted octanol–water partition coefficient (Wildman–Crippen LogP) is 2.93. The molecule has 0 aliphatic heterocycles. The van der Waals surface area contributed by atoms with Crippen LogP contribution in [0.3, 0.4) is 0 Å². The van der Waals surface area contributed by atoms with Gasteiger partial charge in [0.05, 0.1) is 6.21 Å². The number of hydrogen-bond donors (Lipinski definition) is 2. The highest BCUT2D eigenvalue weighted by molar-refractivity contribution is 6.39.